The molecular weight excluding hydrogens is 559 g/mol. The largest absolute Gasteiger partial charge is 0.465 e. The summed E-state index contributed by atoms with van der Waals surface area (Å²) in [5.41, 5.74) is 3.80. The van der Waals surface area contributed by atoms with Crippen LogP contribution in [0.2, 0.25) is 0 Å². The fraction of sp³-hybridized carbons (Fsp3) is 0.185. The quantitative estimate of drug-likeness (QED) is 0.201. The van der Waals surface area contributed by atoms with Crippen LogP contribution in [0.25, 0.3) is 21.3 Å². The minimum Gasteiger partial charge on any atom is -0.465 e. The van der Waals surface area contributed by atoms with Crippen molar-refractivity contribution in [3.05, 3.63) is 71.2 Å². The third-order valence-electron chi connectivity index (χ3n) is 6.81. The van der Waals surface area contributed by atoms with Crippen molar-refractivity contribution in [3.8, 4) is 0 Å². The van der Waals surface area contributed by atoms with Crippen molar-refractivity contribution < 1.29 is 27.9 Å². The number of alkyl halides is 3. The summed E-state index contributed by atoms with van der Waals surface area (Å²) in [4.78, 5) is 39.9. The Morgan fingerprint density at radius 1 is 1.00 bits per heavy atom. The molecule has 0 atom stereocenters. The van der Waals surface area contributed by atoms with Crippen LogP contribution in [0, 0.1) is 0 Å². The van der Waals surface area contributed by atoms with Crippen molar-refractivity contribution in [1.82, 2.24) is 19.9 Å². The number of imidazole rings is 1. The molecule has 0 saturated carbocycles. The topological polar surface area (TPSA) is 126 Å². The number of carbonyl (C=O) groups is 2. The number of piperazine rings is 1. The van der Waals surface area contributed by atoms with Gasteiger partial charge >= 0.3 is 12.3 Å². The van der Waals surface area contributed by atoms with E-state index >= 15 is 0 Å². The van der Waals surface area contributed by atoms with E-state index in [0.717, 1.165) is 16.3 Å². The van der Waals surface area contributed by atoms with Gasteiger partial charge in [-0.05, 0) is 42.5 Å². The summed E-state index contributed by atoms with van der Waals surface area (Å²) in [6.45, 7) is 1.19. The van der Waals surface area contributed by atoms with Crippen molar-refractivity contribution >= 4 is 67.6 Å². The fourth-order valence-electron chi connectivity index (χ4n) is 4.79. The summed E-state index contributed by atoms with van der Waals surface area (Å²) in [6.07, 6.45) is -5.58. The van der Waals surface area contributed by atoms with Gasteiger partial charge in [-0.1, -0.05) is 12.1 Å². The van der Waals surface area contributed by atoms with Gasteiger partial charge in [0.25, 0.3) is 5.91 Å². The number of thiazole rings is 1. The number of carboxylic acid groups (broad SMARTS) is 1. The molecule has 3 heterocycles. The molecule has 10 nitrogen and oxygen atoms in total. The predicted octanol–water partition coefficient (Wildman–Crippen LogP) is 5.99. The third-order valence-corrected chi connectivity index (χ3v) is 7.60. The number of anilines is 4. The van der Waals surface area contributed by atoms with E-state index in [4.69, 9.17) is 0 Å². The molecule has 0 aliphatic carbocycles. The van der Waals surface area contributed by atoms with E-state index in [9.17, 15) is 27.9 Å². The lowest BCUT2D eigenvalue weighted by molar-refractivity contribution is -0.136. The van der Waals surface area contributed by atoms with Gasteiger partial charge < -0.3 is 30.5 Å². The number of para-hydroxylation sites is 1. The molecule has 6 rings (SSSR count). The summed E-state index contributed by atoms with van der Waals surface area (Å²) < 4.78 is 41.5. The molecule has 1 aliphatic rings. The van der Waals surface area contributed by atoms with Crippen LogP contribution in [-0.2, 0) is 6.18 Å². The first-order valence-corrected chi connectivity index (χ1v) is 13.4. The molecule has 0 bridgehead atoms. The Kier molecular flexibility index (Phi) is 6.61. The number of nitrogens with zero attached hydrogens (tertiary/aromatic N) is 4. The van der Waals surface area contributed by atoms with Crippen LogP contribution in [0.5, 0.6) is 0 Å². The number of fused-ring (bicyclic) bond motifs is 2. The molecule has 0 spiro atoms. The second-order valence-corrected chi connectivity index (χ2v) is 10.3. The molecule has 41 heavy (non-hydrogen) atoms. The maximum atomic E-state index is 13.6. The van der Waals surface area contributed by atoms with Crippen molar-refractivity contribution in [3.63, 3.8) is 0 Å². The number of aromatic nitrogens is 3. The lowest BCUT2D eigenvalue weighted by Gasteiger charge is -2.35. The number of H-pyrrole nitrogens is 1. The molecule has 3 aromatic carbocycles. The summed E-state index contributed by atoms with van der Waals surface area (Å²) in [7, 11) is 0. The van der Waals surface area contributed by atoms with E-state index in [1.54, 1.807) is 23.7 Å². The highest BCUT2D eigenvalue weighted by Crippen LogP contribution is 2.36. The number of benzene rings is 3. The number of carbonyl (C=O) groups excluding carboxylic acids is 1. The summed E-state index contributed by atoms with van der Waals surface area (Å²) >= 11 is 1.45. The summed E-state index contributed by atoms with van der Waals surface area (Å²) in [5, 5.41) is 15.0. The van der Waals surface area contributed by atoms with Crippen LogP contribution in [0.4, 0.5) is 41.0 Å². The first-order valence-electron chi connectivity index (χ1n) is 12.5. The maximum absolute atomic E-state index is 13.6. The molecular formula is C27H22F3N7O3S. The summed E-state index contributed by atoms with van der Waals surface area (Å²) in [6, 6.07) is 13.7. The molecule has 2 amide bonds. The number of rotatable bonds is 5. The number of hydrogen-bond acceptors (Lipinski definition) is 7. The van der Waals surface area contributed by atoms with Gasteiger partial charge in [0.15, 0.2) is 0 Å². The highest BCUT2D eigenvalue weighted by molar-refractivity contribution is 7.16. The van der Waals surface area contributed by atoms with Crippen molar-refractivity contribution in [2.75, 3.05) is 41.7 Å². The zero-order valence-electron chi connectivity index (χ0n) is 21.2. The summed E-state index contributed by atoms with van der Waals surface area (Å²) in [5.74, 6) is -0.329. The van der Waals surface area contributed by atoms with E-state index in [2.05, 4.69) is 25.6 Å². The fourth-order valence-corrected chi connectivity index (χ4v) is 5.50. The molecule has 1 fully saturated rings. The van der Waals surface area contributed by atoms with Gasteiger partial charge in [0.05, 0.1) is 49.3 Å². The molecule has 14 heteroatoms. The Labute approximate surface area is 234 Å². The Morgan fingerprint density at radius 3 is 2.54 bits per heavy atom. The second kappa shape index (κ2) is 10.3. The zero-order chi connectivity index (χ0) is 28.7. The molecule has 4 N–H and O–H groups in total. The molecule has 1 saturated heterocycles. The number of nitrogens with one attached hydrogen (secondary N) is 3. The Bertz CT molecular complexity index is 1780. The Morgan fingerprint density at radius 2 is 1.78 bits per heavy atom. The standard InChI is InChI=1S/C27H22F3N7O3S/c28-27(29,30)17-3-1-2-4-18(17)33-25-34-20-12-16(24(38)32-15-5-6-19-23(11-15)41-14-31-19)22(13-21(20)35-25)36-7-9-37(10-8-36)26(39)40/h1-6,11-14H,7-10H2,(H,32,38)(H,39,40)(H2,33,34,35). The minimum atomic E-state index is -4.56. The average molecular weight is 582 g/mol. The van der Waals surface area contributed by atoms with Crippen LogP contribution in [-0.4, -0.2) is 63.1 Å². The number of halogens is 3. The zero-order valence-corrected chi connectivity index (χ0v) is 22.0. The number of aromatic amines is 1. The second-order valence-electron chi connectivity index (χ2n) is 9.39. The normalized spacial score (nSPS) is 14.0. The lowest BCUT2D eigenvalue weighted by Crippen LogP contribution is -2.48. The van der Waals surface area contributed by atoms with E-state index in [-0.39, 0.29) is 24.7 Å². The van der Waals surface area contributed by atoms with Gasteiger partial charge in [-0.15, -0.1) is 11.3 Å². The van der Waals surface area contributed by atoms with Crippen LogP contribution >= 0.6 is 11.3 Å². The van der Waals surface area contributed by atoms with E-state index in [1.807, 2.05) is 17.0 Å². The molecule has 1 aliphatic heterocycles. The first kappa shape index (κ1) is 26.4. The average Bonchev–Trinajstić information content (AvgIpc) is 3.57. The van der Waals surface area contributed by atoms with Gasteiger partial charge in [-0.3, -0.25) is 4.79 Å². The number of amides is 2. The monoisotopic (exact) mass is 581 g/mol. The Balaban J connectivity index is 1.36. The van der Waals surface area contributed by atoms with Crippen LogP contribution in [0.15, 0.2) is 60.1 Å². The first-order chi connectivity index (χ1) is 19.7. The highest BCUT2D eigenvalue weighted by Gasteiger charge is 2.33. The van der Waals surface area contributed by atoms with Crippen LogP contribution < -0.4 is 15.5 Å². The predicted molar refractivity (Wildman–Crippen MR) is 150 cm³/mol. The highest BCUT2D eigenvalue weighted by atomic mass is 32.1. The minimum absolute atomic E-state index is 0.0755. The van der Waals surface area contributed by atoms with Gasteiger partial charge in [0.1, 0.15) is 0 Å². The van der Waals surface area contributed by atoms with Gasteiger partial charge in [-0.25, -0.2) is 14.8 Å². The van der Waals surface area contributed by atoms with Crippen molar-refractivity contribution in [2.24, 2.45) is 0 Å². The maximum Gasteiger partial charge on any atom is 0.418 e. The molecule has 0 unspecified atom stereocenters. The molecule has 2 aromatic heterocycles. The van der Waals surface area contributed by atoms with E-state index in [0.29, 0.717) is 41.1 Å². The van der Waals surface area contributed by atoms with E-state index in [1.165, 1.54) is 34.4 Å². The Hall–Kier alpha value is -4.85. The van der Waals surface area contributed by atoms with Crippen LogP contribution in [0.1, 0.15) is 15.9 Å². The SMILES string of the molecule is O=C(Nc1ccc2ncsc2c1)c1cc2[nH]c(Nc3ccccc3C(F)(F)F)nc2cc1N1CCN(C(=O)O)CC1. The van der Waals surface area contributed by atoms with Gasteiger partial charge in [-0.2, -0.15) is 13.2 Å². The van der Waals surface area contributed by atoms with E-state index < -0.39 is 23.7 Å². The molecule has 5 aromatic rings. The smallest absolute Gasteiger partial charge is 0.418 e. The molecule has 210 valence electrons. The van der Waals surface area contributed by atoms with Gasteiger partial charge in [0.2, 0.25) is 5.95 Å². The molecule has 0 radical (unpaired) electrons. The van der Waals surface area contributed by atoms with Crippen molar-refractivity contribution in [2.45, 2.75) is 6.18 Å². The van der Waals surface area contributed by atoms with Crippen molar-refractivity contribution in [1.29, 1.82) is 0 Å². The number of hydrogen-bond donors (Lipinski definition) is 4. The van der Waals surface area contributed by atoms with Crippen LogP contribution in [0.3, 0.4) is 0 Å². The third kappa shape index (κ3) is 5.33. The van der Waals surface area contributed by atoms with Gasteiger partial charge in [0, 0.05) is 31.9 Å². The lowest BCUT2D eigenvalue weighted by atomic mass is 10.1.